The molecule has 0 spiro atoms. The maximum atomic E-state index is 6.90. The summed E-state index contributed by atoms with van der Waals surface area (Å²) < 4.78 is 9.34. The quantitative estimate of drug-likeness (QED) is 0.191. The molecule has 0 N–H and O–H groups in total. The third-order valence-electron chi connectivity index (χ3n) is 10.9. The first-order valence-corrected chi connectivity index (χ1v) is 17.5. The van der Waals surface area contributed by atoms with Gasteiger partial charge in [0.05, 0.1) is 27.6 Å². The largest absolute Gasteiger partial charge is 0.455 e. The van der Waals surface area contributed by atoms with Crippen LogP contribution in [0, 0.1) is 0 Å². The van der Waals surface area contributed by atoms with Gasteiger partial charge < -0.3 is 8.98 Å². The van der Waals surface area contributed by atoms with Gasteiger partial charge in [0.1, 0.15) is 11.2 Å². The van der Waals surface area contributed by atoms with Gasteiger partial charge in [-0.1, -0.05) is 135 Å². The van der Waals surface area contributed by atoms with E-state index in [-0.39, 0.29) is 5.41 Å². The van der Waals surface area contributed by atoms with Crippen LogP contribution in [-0.2, 0) is 5.41 Å². The summed E-state index contributed by atoms with van der Waals surface area (Å²) in [5.74, 6) is 0.701. The highest BCUT2D eigenvalue weighted by Crippen LogP contribution is 2.57. The molecule has 4 nitrogen and oxygen atoms in total. The van der Waals surface area contributed by atoms with E-state index in [9.17, 15) is 0 Å². The van der Waals surface area contributed by atoms with Crippen LogP contribution in [0.5, 0.6) is 0 Å². The molecule has 0 unspecified atom stereocenters. The lowest BCUT2D eigenvalue weighted by Crippen LogP contribution is -2.15. The highest BCUT2D eigenvalue weighted by Gasteiger charge is 2.41. The second kappa shape index (κ2) is 10.3. The Hall–Kier alpha value is -6.52. The summed E-state index contributed by atoms with van der Waals surface area (Å²) in [6, 6.07) is 53.5. The van der Waals surface area contributed by atoms with Crippen LogP contribution in [0.4, 0.5) is 0 Å². The van der Waals surface area contributed by atoms with Crippen LogP contribution >= 0.6 is 0 Å². The maximum Gasteiger partial charge on any atom is 0.160 e. The van der Waals surface area contributed by atoms with Gasteiger partial charge in [-0.05, 0) is 47.0 Å². The SMILES string of the molecule is CC1(C)c2ccccc2-c2c1c1c3ccccc3n(-c3cccc(-c4nc(-c5ccccc5)c5ccccc5n4)c3)c1c1c2oc2ccccc21. The molecule has 0 atom stereocenters. The third-order valence-corrected chi connectivity index (χ3v) is 10.9. The molecule has 3 heterocycles. The van der Waals surface area contributed by atoms with Crippen LogP contribution in [0.25, 0.3) is 94.1 Å². The van der Waals surface area contributed by atoms with Gasteiger partial charge >= 0.3 is 0 Å². The van der Waals surface area contributed by atoms with E-state index >= 15 is 0 Å². The number of furan rings is 1. The van der Waals surface area contributed by atoms with E-state index in [0.717, 1.165) is 66.4 Å². The summed E-state index contributed by atoms with van der Waals surface area (Å²) in [4.78, 5) is 10.3. The fourth-order valence-electron chi connectivity index (χ4n) is 8.76. The van der Waals surface area contributed by atoms with Crippen molar-refractivity contribution in [3.8, 4) is 39.5 Å². The van der Waals surface area contributed by atoms with Gasteiger partial charge in [-0.3, -0.25) is 0 Å². The number of benzene rings is 7. The Morgan fingerprint density at radius 2 is 1.29 bits per heavy atom. The number of hydrogen-bond donors (Lipinski definition) is 0. The van der Waals surface area contributed by atoms with Crippen LogP contribution in [0.15, 0.2) is 156 Å². The molecule has 10 aromatic rings. The molecular formula is C47H31N3O. The van der Waals surface area contributed by atoms with Gasteiger partial charge in [-0.2, -0.15) is 0 Å². The summed E-state index contributed by atoms with van der Waals surface area (Å²) in [7, 11) is 0. The Kier molecular flexibility index (Phi) is 5.70. The number of fused-ring (bicyclic) bond motifs is 13. The highest BCUT2D eigenvalue weighted by atomic mass is 16.3. The van der Waals surface area contributed by atoms with Crippen molar-refractivity contribution in [2.45, 2.75) is 19.3 Å². The van der Waals surface area contributed by atoms with Crippen LogP contribution < -0.4 is 0 Å². The lowest BCUT2D eigenvalue weighted by molar-refractivity contribution is 0.658. The summed E-state index contributed by atoms with van der Waals surface area (Å²) in [5, 5.41) is 5.81. The van der Waals surface area contributed by atoms with Crippen LogP contribution in [0.3, 0.4) is 0 Å². The van der Waals surface area contributed by atoms with Crippen LogP contribution in [0.1, 0.15) is 25.0 Å². The molecule has 11 rings (SSSR count). The lowest BCUT2D eigenvalue weighted by Gasteiger charge is -2.23. The molecular weight excluding hydrogens is 623 g/mol. The Labute approximate surface area is 294 Å². The van der Waals surface area contributed by atoms with E-state index in [2.05, 4.69) is 158 Å². The number of nitrogens with zero attached hydrogens (tertiary/aromatic N) is 3. The fourth-order valence-corrected chi connectivity index (χ4v) is 8.76. The molecule has 51 heavy (non-hydrogen) atoms. The Balaban J connectivity index is 1.26. The zero-order chi connectivity index (χ0) is 33.8. The van der Waals surface area contributed by atoms with Crippen molar-refractivity contribution in [1.82, 2.24) is 14.5 Å². The van der Waals surface area contributed by atoms with Gasteiger partial charge in [-0.25, -0.2) is 9.97 Å². The minimum Gasteiger partial charge on any atom is -0.455 e. The van der Waals surface area contributed by atoms with E-state index in [1.165, 1.54) is 33.0 Å². The molecule has 0 bridgehead atoms. The van der Waals surface area contributed by atoms with Crippen molar-refractivity contribution in [1.29, 1.82) is 0 Å². The van der Waals surface area contributed by atoms with Gasteiger partial charge in [0.15, 0.2) is 5.82 Å². The number of hydrogen-bond acceptors (Lipinski definition) is 3. The van der Waals surface area contributed by atoms with E-state index in [4.69, 9.17) is 14.4 Å². The molecule has 7 aromatic carbocycles. The average molecular weight is 654 g/mol. The predicted molar refractivity (Wildman–Crippen MR) is 210 cm³/mol. The van der Waals surface area contributed by atoms with E-state index in [1.54, 1.807) is 0 Å². The zero-order valence-corrected chi connectivity index (χ0v) is 28.2. The molecule has 0 amide bonds. The van der Waals surface area contributed by atoms with Crippen molar-refractivity contribution >= 4 is 54.6 Å². The molecule has 4 heteroatoms. The smallest absolute Gasteiger partial charge is 0.160 e. The van der Waals surface area contributed by atoms with Crippen molar-refractivity contribution in [2.24, 2.45) is 0 Å². The van der Waals surface area contributed by atoms with Crippen molar-refractivity contribution < 1.29 is 4.42 Å². The molecule has 0 radical (unpaired) electrons. The second-order valence-corrected chi connectivity index (χ2v) is 14.1. The Morgan fingerprint density at radius 3 is 2.18 bits per heavy atom. The number of rotatable bonds is 3. The Morgan fingerprint density at radius 1 is 0.588 bits per heavy atom. The summed E-state index contributed by atoms with van der Waals surface area (Å²) >= 11 is 0. The minimum absolute atomic E-state index is 0.235. The average Bonchev–Trinajstić information content (AvgIpc) is 3.80. The molecule has 0 saturated heterocycles. The predicted octanol–water partition coefficient (Wildman–Crippen LogP) is 12.3. The topological polar surface area (TPSA) is 43.9 Å². The molecule has 0 fully saturated rings. The van der Waals surface area contributed by atoms with Crippen LogP contribution in [-0.4, -0.2) is 14.5 Å². The van der Waals surface area contributed by atoms with Crippen LogP contribution in [0.2, 0.25) is 0 Å². The third kappa shape index (κ3) is 3.85. The molecule has 3 aromatic heterocycles. The Bertz CT molecular complexity index is 3060. The summed E-state index contributed by atoms with van der Waals surface area (Å²) in [6.07, 6.45) is 0. The fraction of sp³-hybridized carbons (Fsp3) is 0.0638. The van der Waals surface area contributed by atoms with Gasteiger partial charge in [0, 0.05) is 49.3 Å². The molecule has 1 aliphatic carbocycles. The van der Waals surface area contributed by atoms with Crippen molar-refractivity contribution in [3.05, 3.63) is 163 Å². The monoisotopic (exact) mass is 653 g/mol. The van der Waals surface area contributed by atoms with E-state index < -0.39 is 0 Å². The van der Waals surface area contributed by atoms with Gasteiger partial charge in [0.2, 0.25) is 0 Å². The lowest BCUT2D eigenvalue weighted by atomic mass is 9.80. The molecule has 240 valence electrons. The normalized spacial score (nSPS) is 13.5. The highest BCUT2D eigenvalue weighted by molar-refractivity contribution is 6.30. The van der Waals surface area contributed by atoms with E-state index in [0.29, 0.717) is 5.82 Å². The minimum atomic E-state index is -0.235. The van der Waals surface area contributed by atoms with Gasteiger partial charge in [-0.15, -0.1) is 0 Å². The standard InChI is InChI=1S/C47H31N3O/c1-47(2)35-23-10-6-19-31(35)40-42(47)39-33-21-8-12-25-37(33)50(44(39)41-34-22-9-13-26-38(34)51-45(40)41)30-18-14-17-29(27-30)46-48-36-24-11-7-20-32(36)43(49-46)28-15-4-3-5-16-28/h3-27H,1-2H3. The number of aromatic nitrogens is 3. The second-order valence-electron chi connectivity index (χ2n) is 14.1. The molecule has 0 aliphatic heterocycles. The first-order valence-electron chi connectivity index (χ1n) is 17.5. The maximum absolute atomic E-state index is 6.90. The molecule has 1 aliphatic rings. The van der Waals surface area contributed by atoms with Crippen molar-refractivity contribution in [3.63, 3.8) is 0 Å². The van der Waals surface area contributed by atoms with Gasteiger partial charge in [0.25, 0.3) is 0 Å². The van der Waals surface area contributed by atoms with E-state index in [1.807, 2.05) is 12.1 Å². The summed E-state index contributed by atoms with van der Waals surface area (Å²) in [5.41, 5.74) is 14.0. The first kappa shape index (κ1) is 28.3. The first-order chi connectivity index (χ1) is 25.1. The molecule has 0 saturated carbocycles. The zero-order valence-electron chi connectivity index (χ0n) is 28.2. The van der Waals surface area contributed by atoms with Crippen molar-refractivity contribution in [2.75, 3.05) is 0 Å². The summed E-state index contributed by atoms with van der Waals surface area (Å²) in [6.45, 7) is 4.72. The number of para-hydroxylation sites is 3.